The number of aryl methyl sites for hydroxylation is 1. The van der Waals surface area contributed by atoms with E-state index in [1.807, 2.05) is 11.8 Å². The van der Waals surface area contributed by atoms with E-state index < -0.39 is 0 Å². The summed E-state index contributed by atoms with van der Waals surface area (Å²) >= 11 is 1.88. The van der Waals surface area contributed by atoms with Crippen molar-refractivity contribution in [3.8, 4) is 0 Å². The topological polar surface area (TPSA) is 29.3 Å². The fourth-order valence-corrected chi connectivity index (χ4v) is 2.17. The molecule has 16 heavy (non-hydrogen) atoms. The number of benzene rings is 1. The Balaban J connectivity index is 2.71. The fraction of sp³-hybridized carbons (Fsp3) is 0.538. The zero-order chi connectivity index (χ0) is 12.0. The van der Waals surface area contributed by atoms with Crippen LogP contribution in [0, 0.1) is 6.92 Å². The largest absolute Gasteiger partial charge is 0.374 e. The molecule has 0 fully saturated rings. The van der Waals surface area contributed by atoms with Gasteiger partial charge in [-0.2, -0.15) is 11.8 Å². The molecule has 1 aromatic carbocycles. The van der Waals surface area contributed by atoms with Crippen LogP contribution >= 0.6 is 11.8 Å². The second kappa shape index (κ2) is 6.81. The van der Waals surface area contributed by atoms with Gasteiger partial charge in [0.2, 0.25) is 0 Å². The molecule has 0 aliphatic rings. The minimum absolute atomic E-state index is 0.725. The molecule has 0 amide bonds. The Kier molecular flexibility index (Phi) is 5.71. The minimum atomic E-state index is 0.725. The number of anilines is 1. The van der Waals surface area contributed by atoms with Crippen molar-refractivity contribution in [1.29, 1.82) is 0 Å². The van der Waals surface area contributed by atoms with Crippen LogP contribution in [0.25, 0.3) is 0 Å². The van der Waals surface area contributed by atoms with E-state index in [4.69, 9.17) is 5.73 Å². The van der Waals surface area contributed by atoms with Crippen LogP contribution in [0.15, 0.2) is 18.2 Å². The van der Waals surface area contributed by atoms with E-state index in [1.165, 1.54) is 22.6 Å². The molecule has 0 aromatic heterocycles. The van der Waals surface area contributed by atoms with Crippen LogP contribution in [-0.2, 0) is 6.42 Å². The molecule has 0 spiro atoms. The summed E-state index contributed by atoms with van der Waals surface area (Å²) in [6.45, 7) is 3.98. The molecule has 0 aliphatic heterocycles. The molecule has 0 heterocycles. The second-order valence-electron chi connectivity index (χ2n) is 4.06. The first-order valence-corrected chi connectivity index (χ1v) is 7.08. The van der Waals surface area contributed by atoms with Gasteiger partial charge in [0.25, 0.3) is 0 Å². The molecular formula is C13H22N2S. The van der Waals surface area contributed by atoms with Crippen molar-refractivity contribution in [2.45, 2.75) is 13.3 Å². The van der Waals surface area contributed by atoms with Gasteiger partial charge >= 0.3 is 0 Å². The molecule has 2 N–H and O–H groups in total. The van der Waals surface area contributed by atoms with Crippen molar-refractivity contribution in [2.24, 2.45) is 5.73 Å². The smallest absolute Gasteiger partial charge is 0.0366 e. The molecule has 90 valence electrons. The standard InChI is InChI=1S/C13H22N2S/c1-11-10-13(15(2)8-9-16-3)5-4-12(11)6-7-14/h4-5,10H,6-9,14H2,1-3H3. The SMILES string of the molecule is CSCCN(C)c1ccc(CCN)c(C)c1. The third-order valence-corrected chi connectivity index (χ3v) is 3.40. The fourth-order valence-electron chi connectivity index (χ4n) is 1.71. The molecule has 2 nitrogen and oxygen atoms in total. The van der Waals surface area contributed by atoms with Gasteiger partial charge in [0.05, 0.1) is 0 Å². The van der Waals surface area contributed by atoms with Gasteiger partial charge in [0.1, 0.15) is 0 Å². The summed E-state index contributed by atoms with van der Waals surface area (Å²) in [5.74, 6) is 1.17. The van der Waals surface area contributed by atoms with Crippen LogP contribution in [0.4, 0.5) is 5.69 Å². The monoisotopic (exact) mass is 238 g/mol. The maximum atomic E-state index is 5.58. The van der Waals surface area contributed by atoms with Crippen molar-refractivity contribution >= 4 is 17.4 Å². The normalized spacial score (nSPS) is 10.5. The molecular weight excluding hydrogens is 216 g/mol. The summed E-state index contributed by atoms with van der Waals surface area (Å²) in [6, 6.07) is 6.65. The van der Waals surface area contributed by atoms with Gasteiger partial charge in [0.15, 0.2) is 0 Å². The van der Waals surface area contributed by atoms with E-state index in [0.29, 0.717) is 0 Å². The van der Waals surface area contributed by atoms with Crippen LogP contribution in [0.5, 0.6) is 0 Å². The lowest BCUT2D eigenvalue weighted by Crippen LogP contribution is -2.20. The van der Waals surface area contributed by atoms with E-state index in [2.05, 4.69) is 43.3 Å². The lowest BCUT2D eigenvalue weighted by molar-refractivity contribution is 0.946. The number of thioether (sulfide) groups is 1. The second-order valence-corrected chi connectivity index (χ2v) is 5.05. The van der Waals surface area contributed by atoms with E-state index in [0.717, 1.165) is 19.5 Å². The Morgan fingerprint density at radius 1 is 1.38 bits per heavy atom. The predicted molar refractivity (Wildman–Crippen MR) is 75.6 cm³/mol. The lowest BCUT2D eigenvalue weighted by Gasteiger charge is -2.20. The summed E-state index contributed by atoms with van der Waals surface area (Å²) in [7, 11) is 2.15. The van der Waals surface area contributed by atoms with E-state index in [1.54, 1.807) is 0 Å². The maximum Gasteiger partial charge on any atom is 0.0366 e. The van der Waals surface area contributed by atoms with Crippen LogP contribution < -0.4 is 10.6 Å². The highest BCUT2D eigenvalue weighted by Crippen LogP contribution is 2.18. The molecule has 0 radical (unpaired) electrons. The molecule has 0 atom stereocenters. The number of hydrogen-bond donors (Lipinski definition) is 1. The average Bonchev–Trinajstić information content (AvgIpc) is 2.29. The van der Waals surface area contributed by atoms with Crippen LogP contribution in [-0.4, -0.2) is 32.1 Å². The number of nitrogens with zero attached hydrogens (tertiary/aromatic N) is 1. The quantitative estimate of drug-likeness (QED) is 0.824. The first kappa shape index (κ1) is 13.4. The van der Waals surface area contributed by atoms with Crippen LogP contribution in [0.1, 0.15) is 11.1 Å². The summed E-state index contributed by atoms with van der Waals surface area (Å²) < 4.78 is 0. The molecule has 0 unspecified atom stereocenters. The Bertz CT molecular complexity index is 326. The highest BCUT2D eigenvalue weighted by molar-refractivity contribution is 7.98. The zero-order valence-electron chi connectivity index (χ0n) is 10.5. The Labute approximate surface area is 103 Å². The van der Waals surface area contributed by atoms with Crippen molar-refractivity contribution in [1.82, 2.24) is 0 Å². The van der Waals surface area contributed by atoms with Crippen molar-refractivity contribution in [3.05, 3.63) is 29.3 Å². The van der Waals surface area contributed by atoms with Crippen molar-refractivity contribution in [3.63, 3.8) is 0 Å². The van der Waals surface area contributed by atoms with E-state index in [9.17, 15) is 0 Å². The summed E-state index contributed by atoms with van der Waals surface area (Å²) in [6.07, 6.45) is 3.12. The molecule has 3 heteroatoms. The van der Waals surface area contributed by atoms with Crippen LogP contribution in [0.2, 0.25) is 0 Å². The number of rotatable bonds is 6. The lowest BCUT2D eigenvalue weighted by atomic mass is 10.0. The van der Waals surface area contributed by atoms with E-state index in [-0.39, 0.29) is 0 Å². The maximum absolute atomic E-state index is 5.58. The average molecular weight is 238 g/mol. The van der Waals surface area contributed by atoms with Gasteiger partial charge in [-0.25, -0.2) is 0 Å². The van der Waals surface area contributed by atoms with Crippen molar-refractivity contribution in [2.75, 3.05) is 37.0 Å². The number of hydrogen-bond acceptors (Lipinski definition) is 3. The van der Waals surface area contributed by atoms with Gasteiger partial charge in [-0.3, -0.25) is 0 Å². The molecule has 0 saturated carbocycles. The molecule has 0 bridgehead atoms. The summed E-state index contributed by atoms with van der Waals surface area (Å²) in [5.41, 5.74) is 9.59. The Morgan fingerprint density at radius 3 is 2.69 bits per heavy atom. The van der Waals surface area contributed by atoms with E-state index >= 15 is 0 Å². The summed E-state index contributed by atoms with van der Waals surface area (Å²) in [4.78, 5) is 2.30. The first-order chi connectivity index (χ1) is 7.69. The third-order valence-electron chi connectivity index (χ3n) is 2.81. The van der Waals surface area contributed by atoms with Gasteiger partial charge < -0.3 is 10.6 Å². The highest BCUT2D eigenvalue weighted by Gasteiger charge is 2.03. The van der Waals surface area contributed by atoms with Crippen molar-refractivity contribution < 1.29 is 0 Å². The predicted octanol–water partition coefficient (Wildman–Crippen LogP) is 2.30. The van der Waals surface area contributed by atoms with Crippen LogP contribution in [0.3, 0.4) is 0 Å². The summed E-state index contributed by atoms with van der Waals surface area (Å²) in [5, 5.41) is 0. The Morgan fingerprint density at radius 2 is 2.12 bits per heavy atom. The number of nitrogens with two attached hydrogens (primary N) is 1. The highest BCUT2D eigenvalue weighted by atomic mass is 32.2. The van der Waals surface area contributed by atoms with Gasteiger partial charge in [-0.1, -0.05) is 6.07 Å². The molecule has 0 saturated heterocycles. The van der Waals surface area contributed by atoms with Gasteiger partial charge in [-0.05, 0) is 49.4 Å². The molecule has 1 rings (SSSR count). The Hall–Kier alpha value is -0.670. The zero-order valence-corrected chi connectivity index (χ0v) is 11.3. The molecule has 1 aromatic rings. The first-order valence-electron chi connectivity index (χ1n) is 5.68. The third kappa shape index (κ3) is 3.72. The molecule has 0 aliphatic carbocycles. The van der Waals surface area contributed by atoms with Gasteiger partial charge in [-0.15, -0.1) is 0 Å². The minimum Gasteiger partial charge on any atom is -0.374 e. The van der Waals surface area contributed by atoms with Gasteiger partial charge in [0, 0.05) is 25.0 Å².